The molecule has 0 spiro atoms. The molecular weight excluding hydrogens is 226 g/mol. The van der Waals surface area contributed by atoms with Gasteiger partial charge in [-0.15, -0.1) is 11.8 Å². The highest BCUT2D eigenvalue weighted by molar-refractivity contribution is 7.98. The minimum atomic E-state index is 0.614. The van der Waals surface area contributed by atoms with Gasteiger partial charge in [-0.25, -0.2) is 0 Å². The molecule has 1 aliphatic rings. The summed E-state index contributed by atoms with van der Waals surface area (Å²) in [5, 5.41) is 0. The summed E-state index contributed by atoms with van der Waals surface area (Å²) in [5.41, 5.74) is 3.99. The molecule has 0 radical (unpaired) electrons. The molecule has 4 nitrogen and oxygen atoms in total. The van der Waals surface area contributed by atoms with Crippen LogP contribution in [-0.4, -0.2) is 26.6 Å². The van der Waals surface area contributed by atoms with Gasteiger partial charge in [-0.3, -0.25) is 0 Å². The van der Waals surface area contributed by atoms with Gasteiger partial charge >= 0.3 is 0 Å². The van der Waals surface area contributed by atoms with Crippen molar-refractivity contribution in [3.8, 4) is 11.5 Å². The highest BCUT2D eigenvalue weighted by Crippen LogP contribution is 2.36. The maximum atomic E-state index is 5.54. The molecule has 0 saturated heterocycles. The molecule has 0 bridgehead atoms. The van der Waals surface area contributed by atoms with E-state index in [0.29, 0.717) is 19.8 Å². The van der Waals surface area contributed by atoms with Crippen molar-refractivity contribution >= 4 is 11.8 Å². The van der Waals surface area contributed by atoms with E-state index >= 15 is 0 Å². The Balaban J connectivity index is 2.28. The molecule has 16 heavy (non-hydrogen) atoms. The Morgan fingerprint density at radius 3 is 2.62 bits per heavy atom. The highest BCUT2D eigenvalue weighted by Gasteiger charge is 2.15. The van der Waals surface area contributed by atoms with Crippen LogP contribution in [0.5, 0.6) is 11.5 Å². The number of fused-ring (bicyclic) bond motifs is 1. The van der Waals surface area contributed by atoms with Crippen LogP contribution in [0.1, 0.15) is 5.56 Å². The first-order chi connectivity index (χ1) is 7.85. The molecule has 1 heterocycles. The van der Waals surface area contributed by atoms with Gasteiger partial charge in [0.05, 0.1) is 7.11 Å². The predicted molar refractivity (Wildman–Crippen MR) is 63.1 cm³/mol. The van der Waals surface area contributed by atoms with Gasteiger partial charge in [-0.2, -0.15) is 5.48 Å². The lowest BCUT2D eigenvalue weighted by atomic mass is 10.2. The van der Waals surface area contributed by atoms with Crippen molar-refractivity contribution in [2.75, 3.05) is 26.6 Å². The fourth-order valence-corrected chi connectivity index (χ4v) is 2.21. The molecule has 0 atom stereocenters. The second kappa shape index (κ2) is 5.43. The van der Waals surface area contributed by atoms with Crippen LogP contribution >= 0.6 is 11.8 Å². The molecule has 0 saturated carbocycles. The van der Waals surface area contributed by atoms with Crippen LogP contribution in [0.4, 0.5) is 0 Å². The average Bonchev–Trinajstić information content (AvgIpc) is 2.35. The van der Waals surface area contributed by atoms with Crippen molar-refractivity contribution in [1.82, 2.24) is 5.48 Å². The van der Waals surface area contributed by atoms with Gasteiger partial charge in [0.1, 0.15) is 13.2 Å². The van der Waals surface area contributed by atoms with Crippen molar-refractivity contribution < 1.29 is 14.3 Å². The maximum absolute atomic E-state index is 5.54. The second-order valence-corrected chi connectivity index (χ2v) is 4.18. The van der Waals surface area contributed by atoms with Crippen LogP contribution < -0.4 is 15.0 Å². The van der Waals surface area contributed by atoms with E-state index in [0.717, 1.165) is 17.1 Å². The number of hydrogen-bond acceptors (Lipinski definition) is 5. The Labute approximate surface area is 99.2 Å². The molecule has 1 aromatic carbocycles. The Kier molecular flexibility index (Phi) is 3.93. The first kappa shape index (κ1) is 11.6. The number of ether oxygens (including phenoxy) is 2. The molecule has 0 aliphatic carbocycles. The van der Waals surface area contributed by atoms with Crippen molar-refractivity contribution in [3.05, 3.63) is 17.7 Å². The quantitative estimate of drug-likeness (QED) is 0.643. The topological polar surface area (TPSA) is 39.7 Å². The van der Waals surface area contributed by atoms with E-state index in [9.17, 15) is 0 Å². The molecule has 88 valence electrons. The van der Waals surface area contributed by atoms with E-state index in [2.05, 4.69) is 5.48 Å². The Bertz CT molecular complexity index is 370. The molecule has 1 aliphatic heterocycles. The normalized spacial score (nSPS) is 13.9. The summed E-state index contributed by atoms with van der Waals surface area (Å²) in [6.07, 6.45) is 2.04. The number of thioether (sulfide) groups is 1. The van der Waals surface area contributed by atoms with E-state index < -0.39 is 0 Å². The van der Waals surface area contributed by atoms with E-state index in [1.165, 1.54) is 4.90 Å². The predicted octanol–water partition coefficient (Wildman–Crippen LogP) is 1.83. The molecule has 5 heteroatoms. The molecule has 0 unspecified atom stereocenters. The van der Waals surface area contributed by atoms with Crippen molar-refractivity contribution in [2.24, 2.45) is 0 Å². The van der Waals surface area contributed by atoms with Gasteiger partial charge in [0.15, 0.2) is 11.5 Å². The third-order valence-corrected chi connectivity index (χ3v) is 3.17. The van der Waals surface area contributed by atoms with Crippen LogP contribution in [0.25, 0.3) is 0 Å². The number of hydroxylamine groups is 1. The Morgan fingerprint density at radius 1 is 1.31 bits per heavy atom. The SMILES string of the molecule is CONCc1cc2c(cc1SC)OCCO2. The highest BCUT2D eigenvalue weighted by atomic mass is 32.2. The van der Waals surface area contributed by atoms with Gasteiger partial charge in [-0.1, -0.05) is 0 Å². The van der Waals surface area contributed by atoms with Gasteiger partial charge in [0.25, 0.3) is 0 Å². The summed E-state index contributed by atoms with van der Waals surface area (Å²) in [7, 11) is 1.61. The Hall–Kier alpha value is -0.910. The lowest BCUT2D eigenvalue weighted by molar-refractivity contribution is 0.0859. The smallest absolute Gasteiger partial charge is 0.162 e. The molecule has 2 rings (SSSR count). The van der Waals surface area contributed by atoms with Crippen molar-refractivity contribution in [2.45, 2.75) is 11.4 Å². The van der Waals surface area contributed by atoms with Crippen molar-refractivity contribution in [1.29, 1.82) is 0 Å². The number of benzene rings is 1. The minimum Gasteiger partial charge on any atom is -0.486 e. The molecule has 0 aromatic heterocycles. The fraction of sp³-hybridized carbons (Fsp3) is 0.455. The summed E-state index contributed by atoms with van der Waals surface area (Å²) in [4.78, 5) is 6.03. The van der Waals surface area contributed by atoms with E-state index in [1.54, 1.807) is 18.9 Å². The van der Waals surface area contributed by atoms with Gasteiger partial charge < -0.3 is 14.3 Å². The fourth-order valence-electron chi connectivity index (χ4n) is 1.59. The third kappa shape index (κ3) is 2.42. The zero-order valence-electron chi connectivity index (χ0n) is 9.41. The average molecular weight is 241 g/mol. The van der Waals surface area contributed by atoms with E-state index in [4.69, 9.17) is 14.3 Å². The van der Waals surface area contributed by atoms with Crippen LogP contribution in [0.2, 0.25) is 0 Å². The molecule has 0 fully saturated rings. The first-order valence-corrected chi connectivity index (χ1v) is 6.30. The van der Waals surface area contributed by atoms with Gasteiger partial charge in [0.2, 0.25) is 0 Å². The van der Waals surface area contributed by atoms with Crippen molar-refractivity contribution in [3.63, 3.8) is 0 Å². The van der Waals surface area contributed by atoms with E-state index in [-0.39, 0.29) is 0 Å². The van der Waals surface area contributed by atoms with Gasteiger partial charge in [0, 0.05) is 11.4 Å². The monoisotopic (exact) mass is 241 g/mol. The summed E-state index contributed by atoms with van der Waals surface area (Å²) in [5.74, 6) is 1.65. The molecule has 1 aromatic rings. The zero-order valence-corrected chi connectivity index (χ0v) is 10.2. The van der Waals surface area contributed by atoms with Crippen LogP contribution in [-0.2, 0) is 11.4 Å². The van der Waals surface area contributed by atoms with Gasteiger partial charge in [-0.05, 0) is 24.0 Å². The summed E-state index contributed by atoms with van der Waals surface area (Å²) in [6, 6.07) is 4.03. The lowest BCUT2D eigenvalue weighted by Crippen LogP contribution is -2.17. The summed E-state index contributed by atoms with van der Waals surface area (Å²) < 4.78 is 11.1. The first-order valence-electron chi connectivity index (χ1n) is 5.07. The third-order valence-electron chi connectivity index (χ3n) is 2.35. The Morgan fingerprint density at radius 2 is 2.00 bits per heavy atom. The van der Waals surface area contributed by atoms with Crippen LogP contribution in [0.15, 0.2) is 17.0 Å². The molecule has 0 amide bonds. The number of hydrogen-bond donors (Lipinski definition) is 1. The van der Waals surface area contributed by atoms with Crippen LogP contribution in [0, 0.1) is 0 Å². The summed E-state index contributed by atoms with van der Waals surface area (Å²) >= 11 is 1.69. The second-order valence-electron chi connectivity index (χ2n) is 3.33. The lowest BCUT2D eigenvalue weighted by Gasteiger charge is -2.20. The zero-order chi connectivity index (χ0) is 11.4. The minimum absolute atomic E-state index is 0.614. The molecule has 1 N–H and O–H groups in total. The largest absolute Gasteiger partial charge is 0.486 e. The summed E-state index contributed by atoms with van der Waals surface area (Å²) in [6.45, 7) is 1.89. The van der Waals surface area contributed by atoms with E-state index in [1.807, 2.05) is 18.4 Å². The number of rotatable bonds is 4. The number of nitrogens with one attached hydrogen (secondary N) is 1. The standard InChI is InChI=1S/C11H15NO3S/c1-13-12-7-8-5-9-10(6-11(8)16-2)15-4-3-14-9/h5-6,12H,3-4,7H2,1-2H3. The van der Waals surface area contributed by atoms with Crippen LogP contribution in [0.3, 0.4) is 0 Å². The molecular formula is C11H15NO3S. The maximum Gasteiger partial charge on any atom is 0.162 e.